The molecule has 150 valence electrons. The highest BCUT2D eigenvalue weighted by Crippen LogP contribution is 2.35. The molecule has 4 aromatic rings. The first-order chi connectivity index (χ1) is 14.1. The van der Waals surface area contributed by atoms with Crippen molar-refractivity contribution in [3.63, 3.8) is 0 Å². The van der Waals surface area contributed by atoms with Gasteiger partial charge in [0.1, 0.15) is 16.9 Å². The van der Waals surface area contributed by atoms with Crippen molar-refractivity contribution >= 4 is 21.9 Å². The van der Waals surface area contributed by atoms with Crippen LogP contribution in [0.1, 0.15) is 43.7 Å². The third kappa shape index (κ3) is 3.67. The zero-order chi connectivity index (χ0) is 20.4. The summed E-state index contributed by atoms with van der Waals surface area (Å²) in [6.07, 6.45) is 7.03. The topological polar surface area (TPSA) is 52.6 Å². The van der Waals surface area contributed by atoms with Crippen molar-refractivity contribution in [3.8, 4) is 16.9 Å². The van der Waals surface area contributed by atoms with Gasteiger partial charge in [-0.05, 0) is 49.1 Å². The van der Waals surface area contributed by atoms with Crippen LogP contribution in [-0.2, 0) is 6.42 Å². The van der Waals surface area contributed by atoms with E-state index in [0.29, 0.717) is 11.2 Å². The Bertz CT molecular complexity index is 1200. The van der Waals surface area contributed by atoms with Gasteiger partial charge in [0.25, 0.3) is 0 Å². The first kappa shape index (κ1) is 19.3. The molecule has 4 heteroatoms. The third-order valence-electron chi connectivity index (χ3n) is 5.66. The van der Waals surface area contributed by atoms with Gasteiger partial charge < -0.3 is 13.6 Å². The average molecular weight is 390 g/mol. The van der Waals surface area contributed by atoms with Crippen LogP contribution in [0.5, 0.6) is 5.75 Å². The summed E-state index contributed by atoms with van der Waals surface area (Å²) >= 11 is 0. The maximum Gasteiger partial charge on any atom is 0.339 e. The van der Waals surface area contributed by atoms with E-state index in [0.717, 1.165) is 58.0 Å². The van der Waals surface area contributed by atoms with Crippen LogP contribution >= 0.6 is 0 Å². The molecule has 4 rings (SSSR count). The lowest BCUT2D eigenvalue weighted by atomic mass is 9.98. The number of hydrogen-bond donors (Lipinski definition) is 0. The minimum absolute atomic E-state index is 0.229. The van der Waals surface area contributed by atoms with Crippen molar-refractivity contribution in [3.05, 3.63) is 64.2 Å². The molecule has 2 heterocycles. The highest BCUT2D eigenvalue weighted by molar-refractivity contribution is 6.02. The van der Waals surface area contributed by atoms with E-state index >= 15 is 0 Å². The molecule has 0 aliphatic heterocycles. The minimum Gasteiger partial charge on any atom is -0.497 e. The molecule has 0 radical (unpaired) electrons. The van der Waals surface area contributed by atoms with Crippen molar-refractivity contribution in [1.82, 2.24) is 0 Å². The smallest absolute Gasteiger partial charge is 0.339 e. The van der Waals surface area contributed by atoms with E-state index in [2.05, 4.69) is 13.0 Å². The molecule has 0 aliphatic carbocycles. The average Bonchev–Trinajstić information content (AvgIpc) is 3.15. The van der Waals surface area contributed by atoms with Gasteiger partial charge in [-0.2, -0.15) is 0 Å². The van der Waals surface area contributed by atoms with Gasteiger partial charge in [0.15, 0.2) is 0 Å². The van der Waals surface area contributed by atoms with Crippen LogP contribution in [0.2, 0.25) is 0 Å². The molecule has 0 amide bonds. The van der Waals surface area contributed by atoms with E-state index in [1.54, 1.807) is 13.4 Å². The van der Waals surface area contributed by atoms with Crippen molar-refractivity contribution in [1.29, 1.82) is 0 Å². The molecule has 0 spiro atoms. The number of unbranched alkanes of at least 4 members (excludes halogenated alkanes) is 3. The van der Waals surface area contributed by atoms with Crippen molar-refractivity contribution in [2.75, 3.05) is 7.11 Å². The summed E-state index contributed by atoms with van der Waals surface area (Å²) in [6, 6.07) is 11.8. The lowest BCUT2D eigenvalue weighted by Gasteiger charge is -2.08. The molecule has 0 saturated heterocycles. The number of hydrogen-bond acceptors (Lipinski definition) is 4. The number of benzene rings is 2. The Labute approximate surface area is 170 Å². The number of methoxy groups -OCH3 is 1. The van der Waals surface area contributed by atoms with E-state index in [1.807, 2.05) is 37.3 Å². The van der Waals surface area contributed by atoms with Gasteiger partial charge in [0.2, 0.25) is 0 Å². The van der Waals surface area contributed by atoms with Crippen LogP contribution in [0.15, 0.2) is 56.3 Å². The largest absolute Gasteiger partial charge is 0.497 e. The predicted molar refractivity (Wildman–Crippen MR) is 117 cm³/mol. The molecule has 0 unspecified atom stereocenters. The van der Waals surface area contributed by atoms with Crippen LogP contribution in [-0.4, -0.2) is 7.11 Å². The van der Waals surface area contributed by atoms with Crippen molar-refractivity contribution in [2.24, 2.45) is 0 Å². The summed E-state index contributed by atoms with van der Waals surface area (Å²) < 4.78 is 16.7. The summed E-state index contributed by atoms with van der Waals surface area (Å²) in [5.41, 5.74) is 4.93. The summed E-state index contributed by atoms with van der Waals surface area (Å²) in [6.45, 7) is 4.21. The predicted octanol–water partition coefficient (Wildman–Crippen LogP) is 6.65. The second-order valence-electron chi connectivity index (χ2n) is 7.53. The van der Waals surface area contributed by atoms with Crippen LogP contribution in [0.25, 0.3) is 33.1 Å². The quantitative estimate of drug-likeness (QED) is 0.262. The Morgan fingerprint density at radius 3 is 2.48 bits per heavy atom. The fourth-order valence-corrected chi connectivity index (χ4v) is 3.92. The molecule has 0 aliphatic rings. The number of fused-ring (bicyclic) bond motifs is 2. The van der Waals surface area contributed by atoms with E-state index in [9.17, 15) is 4.79 Å². The first-order valence-electron chi connectivity index (χ1n) is 10.2. The Morgan fingerprint density at radius 2 is 1.76 bits per heavy atom. The number of ether oxygens (including phenoxy) is 1. The Balaban J connectivity index is 1.79. The summed E-state index contributed by atoms with van der Waals surface area (Å²) in [5.74, 6) is 0.817. The minimum atomic E-state index is -0.229. The van der Waals surface area contributed by atoms with Gasteiger partial charge in [0, 0.05) is 28.0 Å². The zero-order valence-corrected chi connectivity index (χ0v) is 17.2. The molecule has 0 fully saturated rings. The van der Waals surface area contributed by atoms with Gasteiger partial charge in [-0.3, -0.25) is 0 Å². The van der Waals surface area contributed by atoms with E-state index in [4.69, 9.17) is 13.6 Å². The normalized spacial score (nSPS) is 11.4. The Kier molecular flexibility index (Phi) is 5.43. The molecule has 2 aromatic heterocycles. The molecule has 0 saturated carbocycles. The molecule has 2 aromatic carbocycles. The standard InChI is InChI=1S/C25H26O4/c1-4-5-6-7-8-19-16(2)20-13-21-22(17-9-11-18(27-3)12-10-17)15-28-23(21)14-24(20)29-25(19)26/h9-15H,4-8H2,1-3H3. The highest BCUT2D eigenvalue weighted by Gasteiger charge is 2.15. The number of rotatable bonds is 7. The van der Waals surface area contributed by atoms with Gasteiger partial charge in [-0.25, -0.2) is 4.79 Å². The van der Waals surface area contributed by atoms with Gasteiger partial charge >= 0.3 is 5.63 Å². The molecular formula is C25H26O4. The summed E-state index contributed by atoms with van der Waals surface area (Å²) in [5, 5.41) is 1.98. The van der Waals surface area contributed by atoms with Crippen molar-refractivity contribution < 1.29 is 13.6 Å². The molecule has 0 N–H and O–H groups in total. The van der Waals surface area contributed by atoms with Crippen LogP contribution < -0.4 is 10.4 Å². The summed E-state index contributed by atoms with van der Waals surface area (Å²) in [7, 11) is 1.66. The first-order valence-corrected chi connectivity index (χ1v) is 10.2. The van der Waals surface area contributed by atoms with Crippen molar-refractivity contribution in [2.45, 2.75) is 46.0 Å². The van der Waals surface area contributed by atoms with Gasteiger partial charge in [-0.1, -0.05) is 38.3 Å². The summed E-state index contributed by atoms with van der Waals surface area (Å²) in [4.78, 5) is 12.5. The second kappa shape index (κ2) is 8.16. The second-order valence-corrected chi connectivity index (χ2v) is 7.53. The Morgan fingerprint density at radius 1 is 0.966 bits per heavy atom. The van der Waals surface area contributed by atoms with Gasteiger partial charge in [0.05, 0.1) is 13.4 Å². The monoisotopic (exact) mass is 390 g/mol. The van der Waals surface area contributed by atoms with Crippen LogP contribution in [0.3, 0.4) is 0 Å². The molecular weight excluding hydrogens is 364 g/mol. The SMILES string of the molecule is CCCCCCc1c(C)c2cc3c(-c4ccc(OC)cc4)coc3cc2oc1=O. The van der Waals surface area contributed by atoms with Crippen LogP contribution in [0, 0.1) is 6.92 Å². The van der Waals surface area contributed by atoms with E-state index in [-0.39, 0.29) is 5.63 Å². The van der Waals surface area contributed by atoms with Crippen LogP contribution in [0.4, 0.5) is 0 Å². The number of aryl methyl sites for hydroxylation is 1. The van der Waals surface area contributed by atoms with E-state index in [1.165, 1.54) is 12.8 Å². The van der Waals surface area contributed by atoms with E-state index < -0.39 is 0 Å². The maximum absolute atomic E-state index is 12.5. The molecule has 0 bridgehead atoms. The molecule has 29 heavy (non-hydrogen) atoms. The maximum atomic E-state index is 12.5. The Hall–Kier alpha value is -3.01. The fourth-order valence-electron chi connectivity index (χ4n) is 3.92. The zero-order valence-electron chi connectivity index (χ0n) is 17.2. The molecule has 4 nitrogen and oxygen atoms in total. The fraction of sp³-hybridized carbons (Fsp3) is 0.320. The lowest BCUT2D eigenvalue weighted by Crippen LogP contribution is -2.10. The van der Waals surface area contributed by atoms with Gasteiger partial charge in [-0.15, -0.1) is 0 Å². The highest BCUT2D eigenvalue weighted by atomic mass is 16.5. The molecule has 0 atom stereocenters. The number of furan rings is 1. The third-order valence-corrected chi connectivity index (χ3v) is 5.66. The lowest BCUT2D eigenvalue weighted by molar-refractivity contribution is 0.415.